The van der Waals surface area contributed by atoms with E-state index in [9.17, 15) is 4.79 Å². The van der Waals surface area contributed by atoms with Crippen LogP contribution in [0.25, 0.3) is 5.52 Å². The molecule has 1 aliphatic rings. The number of carbonyl (C=O) groups excluding carboxylic acids is 1. The van der Waals surface area contributed by atoms with E-state index in [4.69, 9.17) is 4.74 Å². The number of fused-ring (bicyclic) bond motifs is 1. The molecule has 3 rings (SSSR count). The number of hydrogen-bond acceptors (Lipinski definition) is 4. The molecule has 0 radical (unpaired) electrons. The zero-order valence-electron chi connectivity index (χ0n) is 15.6. The Morgan fingerprint density at radius 3 is 2.68 bits per heavy atom. The molecule has 2 aromatic rings. The fourth-order valence-electron chi connectivity index (χ4n) is 3.40. The summed E-state index contributed by atoms with van der Waals surface area (Å²) in [6.45, 7) is 3.10. The van der Waals surface area contributed by atoms with Gasteiger partial charge in [0.1, 0.15) is 5.82 Å². The van der Waals surface area contributed by atoms with Gasteiger partial charge in [0.05, 0.1) is 12.2 Å². The van der Waals surface area contributed by atoms with Gasteiger partial charge in [0, 0.05) is 51.5 Å². The molecule has 1 fully saturated rings. The van der Waals surface area contributed by atoms with Crippen LogP contribution in [0.2, 0.25) is 0 Å². The Kier molecular flexibility index (Phi) is 5.30. The summed E-state index contributed by atoms with van der Waals surface area (Å²) in [4.78, 5) is 19.2. The maximum absolute atomic E-state index is 12.9. The molecule has 2 aromatic heterocycles. The Balaban J connectivity index is 1.82. The number of ether oxygens (including phenoxy) is 1. The summed E-state index contributed by atoms with van der Waals surface area (Å²) in [7, 11) is 7.90. The summed E-state index contributed by atoms with van der Waals surface area (Å²) in [6, 6.07) is 8.55. The first-order valence-corrected chi connectivity index (χ1v) is 8.78. The summed E-state index contributed by atoms with van der Waals surface area (Å²) in [6.07, 6.45) is 2.99. The van der Waals surface area contributed by atoms with Crippen molar-refractivity contribution in [1.82, 2.24) is 14.2 Å². The summed E-state index contributed by atoms with van der Waals surface area (Å²) >= 11 is 0. The van der Waals surface area contributed by atoms with Gasteiger partial charge in [-0.1, -0.05) is 0 Å². The van der Waals surface area contributed by atoms with E-state index in [0.29, 0.717) is 12.6 Å². The first-order valence-electron chi connectivity index (χ1n) is 8.78. The van der Waals surface area contributed by atoms with Crippen molar-refractivity contribution in [3.63, 3.8) is 0 Å². The second kappa shape index (κ2) is 7.45. The van der Waals surface area contributed by atoms with Gasteiger partial charge >= 0.3 is 0 Å². The quantitative estimate of drug-likeness (QED) is 0.801. The SMILES string of the molecule is COCCN(C)c1ccc2ccc(C(=O)N3CCC(N(C)C)C3)cn12. The highest BCUT2D eigenvalue weighted by Gasteiger charge is 2.28. The molecule has 6 nitrogen and oxygen atoms in total. The van der Waals surface area contributed by atoms with E-state index >= 15 is 0 Å². The zero-order chi connectivity index (χ0) is 18.0. The third-order valence-corrected chi connectivity index (χ3v) is 5.08. The van der Waals surface area contributed by atoms with Crippen molar-refractivity contribution < 1.29 is 9.53 Å². The Bertz CT molecular complexity index is 740. The fourth-order valence-corrected chi connectivity index (χ4v) is 3.40. The number of likely N-dealkylation sites (tertiary alicyclic amines) is 1. The van der Waals surface area contributed by atoms with Crippen LogP contribution < -0.4 is 4.90 Å². The van der Waals surface area contributed by atoms with Gasteiger partial charge < -0.3 is 23.8 Å². The molecule has 3 heterocycles. The number of rotatable bonds is 6. The zero-order valence-corrected chi connectivity index (χ0v) is 15.6. The summed E-state index contributed by atoms with van der Waals surface area (Å²) in [5, 5.41) is 0. The second-order valence-corrected chi connectivity index (χ2v) is 6.98. The van der Waals surface area contributed by atoms with E-state index in [1.54, 1.807) is 7.11 Å². The van der Waals surface area contributed by atoms with Gasteiger partial charge in [0.25, 0.3) is 5.91 Å². The molecule has 136 valence electrons. The van der Waals surface area contributed by atoms with Crippen LogP contribution in [0, 0.1) is 0 Å². The number of carbonyl (C=O) groups is 1. The molecule has 1 amide bonds. The van der Waals surface area contributed by atoms with E-state index in [2.05, 4.69) is 40.4 Å². The Hall–Kier alpha value is -2.05. The first-order chi connectivity index (χ1) is 12.0. The smallest absolute Gasteiger partial charge is 0.255 e. The predicted molar refractivity (Wildman–Crippen MR) is 101 cm³/mol. The molecule has 25 heavy (non-hydrogen) atoms. The van der Waals surface area contributed by atoms with Gasteiger partial charge in [0.15, 0.2) is 0 Å². The average Bonchev–Trinajstić information content (AvgIpc) is 3.25. The highest BCUT2D eigenvalue weighted by atomic mass is 16.5. The monoisotopic (exact) mass is 344 g/mol. The normalized spacial score (nSPS) is 17.6. The van der Waals surface area contributed by atoms with Crippen LogP contribution in [0.1, 0.15) is 16.8 Å². The maximum atomic E-state index is 12.9. The van der Waals surface area contributed by atoms with E-state index < -0.39 is 0 Å². The number of pyridine rings is 1. The molecular weight excluding hydrogens is 316 g/mol. The van der Waals surface area contributed by atoms with Gasteiger partial charge in [-0.25, -0.2) is 0 Å². The summed E-state index contributed by atoms with van der Waals surface area (Å²) in [5.41, 5.74) is 1.83. The third-order valence-electron chi connectivity index (χ3n) is 5.08. The molecule has 1 atom stereocenters. The van der Waals surface area contributed by atoms with Crippen LogP contribution in [0.5, 0.6) is 0 Å². The van der Waals surface area contributed by atoms with Crippen LogP contribution in [0.15, 0.2) is 30.5 Å². The van der Waals surface area contributed by atoms with Gasteiger partial charge in [0.2, 0.25) is 0 Å². The molecular formula is C19H28N4O2. The van der Waals surface area contributed by atoms with Crippen molar-refractivity contribution in [2.24, 2.45) is 0 Å². The second-order valence-electron chi connectivity index (χ2n) is 6.98. The molecule has 1 unspecified atom stereocenters. The van der Waals surface area contributed by atoms with Crippen molar-refractivity contribution in [2.75, 3.05) is 59.4 Å². The molecule has 0 spiro atoms. The lowest BCUT2D eigenvalue weighted by molar-refractivity contribution is 0.0782. The van der Waals surface area contributed by atoms with Crippen molar-refractivity contribution in [3.05, 3.63) is 36.0 Å². The Labute approximate surface area is 149 Å². The Morgan fingerprint density at radius 2 is 2.00 bits per heavy atom. The largest absolute Gasteiger partial charge is 0.383 e. The first kappa shape index (κ1) is 17.8. The van der Waals surface area contributed by atoms with Gasteiger partial charge in [-0.15, -0.1) is 0 Å². The topological polar surface area (TPSA) is 40.4 Å². The Morgan fingerprint density at radius 1 is 1.24 bits per heavy atom. The lowest BCUT2D eigenvalue weighted by Crippen LogP contribution is -2.34. The molecule has 1 aliphatic heterocycles. The van der Waals surface area contributed by atoms with Crippen molar-refractivity contribution in [1.29, 1.82) is 0 Å². The molecule has 0 aromatic carbocycles. The average molecular weight is 344 g/mol. The minimum Gasteiger partial charge on any atom is -0.383 e. The van der Waals surface area contributed by atoms with E-state index in [0.717, 1.165) is 43.0 Å². The van der Waals surface area contributed by atoms with Crippen LogP contribution in [0.3, 0.4) is 0 Å². The van der Waals surface area contributed by atoms with Crippen LogP contribution in [0.4, 0.5) is 5.82 Å². The number of hydrogen-bond donors (Lipinski definition) is 0. The van der Waals surface area contributed by atoms with E-state index in [-0.39, 0.29) is 5.91 Å². The van der Waals surface area contributed by atoms with Crippen LogP contribution >= 0.6 is 0 Å². The number of likely N-dealkylation sites (N-methyl/N-ethyl adjacent to an activating group) is 2. The van der Waals surface area contributed by atoms with Crippen LogP contribution in [-0.4, -0.2) is 80.6 Å². The maximum Gasteiger partial charge on any atom is 0.255 e. The lowest BCUT2D eigenvalue weighted by Gasteiger charge is -2.21. The molecule has 1 saturated heterocycles. The standard InChI is InChI=1S/C19H28N4O2/c1-20(2)17-9-10-22(14-17)19(24)15-5-6-16-7-8-18(23(16)13-15)21(3)11-12-25-4/h5-8,13,17H,9-12,14H2,1-4H3. The summed E-state index contributed by atoms with van der Waals surface area (Å²) in [5.74, 6) is 1.18. The highest BCUT2D eigenvalue weighted by molar-refractivity contribution is 5.94. The van der Waals surface area contributed by atoms with E-state index in [1.165, 1.54) is 0 Å². The molecule has 6 heteroatoms. The molecule has 0 bridgehead atoms. The van der Waals surface area contributed by atoms with E-state index in [1.807, 2.05) is 30.3 Å². The third kappa shape index (κ3) is 3.65. The number of aromatic nitrogens is 1. The number of amides is 1. The number of methoxy groups -OCH3 is 1. The fraction of sp³-hybridized carbons (Fsp3) is 0.526. The van der Waals surface area contributed by atoms with Gasteiger partial charge in [-0.3, -0.25) is 4.79 Å². The van der Waals surface area contributed by atoms with Crippen molar-refractivity contribution >= 4 is 17.2 Å². The van der Waals surface area contributed by atoms with Gasteiger partial charge in [-0.05, 0) is 44.8 Å². The molecule has 0 N–H and O–H groups in total. The van der Waals surface area contributed by atoms with Gasteiger partial charge in [-0.2, -0.15) is 0 Å². The van der Waals surface area contributed by atoms with Crippen LogP contribution in [-0.2, 0) is 4.74 Å². The van der Waals surface area contributed by atoms with Crippen molar-refractivity contribution in [2.45, 2.75) is 12.5 Å². The minimum absolute atomic E-state index is 0.116. The number of nitrogens with zero attached hydrogens (tertiary/aromatic N) is 4. The number of anilines is 1. The summed E-state index contributed by atoms with van der Waals surface area (Å²) < 4.78 is 7.25. The lowest BCUT2D eigenvalue weighted by atomic mass is 10.2. The molecule has 0 aliphatic carbocycles. The molecule has 0 saturated carbocycles. The van der Waals surface area contributed by atoms with Crippen molar-refractivity contribution in [3.8, 4) is 0 Å². The minimum atomic E-state index is 0.116. The highest BCUT2D eigenvalue weighted by Crippen LogP contribution is 2.21. The predicted octanol–water partition coefficient (Wildman–Crippen LogP) is 1.80.